The van der Waals surface area contributed by atoms with Crippen molar-refractivity contribution in [1.82, 2.24) is 0 Å². The predicted molar refractivity (Wildman–Crippen MR) is 43.6 cm³/mol. The summed E-state index contributed by atoms with van der Waals surface area (Å²) in [6.45, 7) is 0. The summed E-state index contributed by atoms with van der Waals surface area (Å²) in [5.41, 5.74) is 1.21. The van der Waals surface area contributed by atoms with Crippen molar-refractivity contribution in [2.45, 2.75) is 6.16 Å². The van der Waals surface area contributed by atoms with Crippen LogP contribution in [-0.2, 0) is 6.16 Å². The van der Waals surface area contributed by atoms with Gasteiger partial charge in [-0.2, -0.15) is 0 Å². The molecule has 1 aromatic rings. The van der Waals surface area contributed by atoms with E-state index < -0.39 is 0 Å². The van der Waals surface area contributed by atoms with Gasteiger partial charge >= 0.3 is 0 Å². The maximum absolute atomic E-state index is 4.99. The minimum absolute atomic E-state index is 0.782. The fourth-order valence-corrected chi connectivity index (χ4v) is 0.942. The van der Waals surface area contributed by atoms with Gasteiger partial charge in [-0.3, -0.25) is 0 Å². The number of hydrogen-bond donors (Lipinski definition) is 0. The SMILES string of the molecule is COc1ccc(C[P])cc1. The van der Waals surface area contributed by atoms with Crippen LogP contribution in [0.3, 0.4) is 0 Å². The molecule has 1 aromatic carbocycles. The van der Waals surface area contributed by atoms with E-state index in [0.29, 0.717) is 0 Å². The van der Waals surface area contributed by atoms with E-state index in [4.69, 9.17) is 4.74 Å². The molecule has 0 amide bonds. The van der Waals surface area contributed by atoms with Crippen molar-refractivity contribution in [3.05, 3.63) is 29.8 Å². The van der Waals surface area contributed by atoms with Crippen LogP contribution in [0.5, 0.6) is 5.75 Å². The predicted octanol–water partition coefficient (Wildman–Crippen LogP) is 2.61. The second-order valence-corrected chi connectivity index (χ2v) is 2.32. The molecule has 1 nitrogen and oxygen atoms in total. The summed E-state index contributed by atoms with van der Waals surface area (Å²) in [6.07, 6.45) is 0.782. The number of hydrogen-bond acceptors (Lipinski definition) is 1. The third-order valence-corrected chi connectivity index (χ3v) is 1.71. The van der Waals surface area contributed by atoms with E-state index in [0.717, 1.165) is 11.9 Å². The van der Waals surface area contributed by atoms with Crippen molar-refractivity contribution in [3.63, 3.8) is 0 Å². The van der Waals surface area contributed by atoms with E-state index in [1.807, 2.05) is 24.3 Å². The van der Waals surface area contributed by atoms with Gasteiger partial charge in [-0.25, -0.2) is 0 Å². The Morgan fingerprint density at radius 3 is 2.30 bits per heavy atom. The Hall–Kier alpha value is -0.550. The van der Waals surface area contributed by atoms with Crippen LogP contribution in [0.25, 0.3) is 0 Å². The molecule has 0 aliphatic carbocycles. The maximum atomic E-state index is 4.99. The van der Waals surface area contributed by atoms with Gasteiger partial charge in [0.25, 0.3) is 0 Å². The average molecular weight is 152 g/mol. The summed E-state index contributed by atoms with van der Waals surface area (Å²) in [5, 5.41) is 0. The van der Waals surface area contributed by atoms with E-state index in [9.17, 15) is 0 Å². The van der Waals surface area contributed by atoms with Crippen LogP contribution in [0.15, 0.2) is 24.3 Å². The monoisotopic (exact) mass is 152 g/mol. The van der Waals surface area contributed by atoms with E-state index >= 15 is 0 Å². The first-order valence-corrected chi connectivity index (χ1v) is 3.74. The summed E-state index contributed by atoms with van der Waals surface area (Å²) < 4.78 is 4.99. The zero-order valence-corrected chi connectivity index (χ0v) is 6.77. The van der Waals surface area contributed by atoms with Gasteiger partial charge < -0.3 is 4.74 Å². The van der Waals surface area contributed by atoms with E-state index in [1.165, 1.54) is 5.56 Å². The van der Waals surface area contributed by atoms with Gasteiger partial charge in [0.05, 0.1) is 7.11 Å². The van der Waals surface area contributed by atoms with Crippen LogP contribution >= 0.6 is 9.24 Å². The molecule has 0 spiro atoms. The Morgan fingerprint density at radius 1 is 1.30 bits per heavy atom. The highest BCUT2D eigenvalue weighted by Gasteiger charge is 1.89. The first-order chi connectivity index (χ1) is 4.86. The third kappa shape index (κ3) is 1.71. The van der Waals surface area contributed by atoms with Gasteiger partial charge in [-0.1, -0.05) is 12.1 Å². The lowest BCUT2D eigenvalue weighted by molar-refractivity contribution is 0.414. The van der Waals surface area contributed by atoms with E-state index in [2.05, 4.69) is 9.24 Å². The van der Waals surface area contributed by atoms with Crippen LogP contribution < -0.4 is 4.74 Å². The van der Waals surface area contributed by atoms with Crippen molar-refractivity contribution in [2.24, 2.45) is 0 Å². The van der Waals surface area contributed by atoms with Crippen molar-refractivity contribution in [3.8, 4) is 5.75 Å². The molecule has 0 saturated heterocycles. The van der Waals surface area contributed by atoms with Crippen LogP contribution in [0.4, 0.5) is 0 Å². The molecule has 2 heteroatoms. The van der Waals surface area contributed by atoms with Crippen molar-refractivity contribution in [2.75, 3.05) is 7.11 Å². The molecule has 2 radical (unpaired) electrons. The van der Waals surface area contributed by atoms with Gasteiger partial charge in [0, 0.05) is 6.16 Å². The minimum atomic E-state index is 0.782. The standard InChI is InChI=1S/C8H9OP/c1-9-8-4-2-7(6-10)3-5-8/h2-5H,6H2,1H3. The molecule has 0 unspecified atom stereocenters. The lowest BCUT2D eigenvalue weighted by Gasteiger charge is -1.98. The normalized spacial score (nSPS) is 9.40. The number of methoxy groups -OCH3 is 1. The molecule has 52 valence electrons. The highest BCUT2D eigenvalue weighted by Crippen LogP contribution is 2.12. The van der Waals surface area contributed by atoms with Crippen molar-refractivity contribution >= 4 is 9.24 Å². The Bertz CT molecular complexity index is 170. The highest BCUT2D eigenvalue weighted by molar-refractivity contribution is 7.15. The minimum Gasteiger partial charge on any atom is -0.497 e. The molecule has 0 N–H and O–H groups in total. The largest absolute Gasteiger partial charge is 0.497 e. The van der Waals surface area contributed by atoms with Gasteiger partial charge in [0.15, 0.2) is 0 Å². The molecular formula is C8H9OP. The number of ether oxygens (including phenoxy) is 1. The summed E-state index contributed by atoms with van der Waals surface area (Å²) >= 11 is 0. The molecule has 0 fully saturated rings. The lowest BCUT2D eigenvalue weighted by atomic mass is 10.2. The Kier molecular flexibility index (Phi) is 2.70. The van der Waals surface area contributed by atoms with E-state index in [1.54, 1.807) is 7.11 Å². The van der Waals surface area contributed by atoms with Crippen molar-refractivity contribution in [1.29, 1.82) is 0 Å². The molecule has 0 atom stereocenters. The molecule has 10 heavy (non-hydrogen) atoms. The second-order valence-electron chi connectivity index (χ2n) is 2.01. The first kappa shape index (κ1) is 7.56. The summed E-state index contributed by atoms with van der Waals surface area (Å²) in [7, 11) is 5.80. The Balaban J connectivity index is 2.80. The van der Waals surface area contributed by atoms with E-state index in [-0.39, 0.29) is 0 Å². The molecule has 0 heterocycles. The number of rotatable bonds is 2. The molecular weight excluding hydrogens is 143 g/mol. The fourth-order valence-electron chi connectivity index (χ4n) is 0.731. The van der Waals surface area contributed by atoms with Crippen LogP contribution in [-0.4, -0.2) is 7.11 Å². The van der Waals surface area contributed by atoms with Crippen LogP contribution in [0.1, 0.15) is 5.56 Å². The molecule has 0 aromatic heterocycles. The third-order valence-electron chi connectivity index (χ3n) is 1.34. The molecule has 0 aliphatic rings. The first-order valence-electron chi connectivity index (χ1n) is 3.10. The summed E-state index contributed by atoms with van der Waals surface area (Å²) in [4.78, 5) is 0. The van der Waals surface area contributed by atoms with Gasteiger partial charge in [0.1, 0.15) is 5.75 Å². The Labute approximate surface area is 63.6 Å². The van der Waals surface area contributed by atoms with Crippen molar-refractivity contribution < 1.29 is 4.74 Å². The topological polar surface area (TPSA) is 9.23 Å². The van der Waals surface area contributed by atoms with Gasteiger partial charge in [-0.05, 0) is 26.9 Å². The summed E-state index contributed by atoms with van der Waals surface area (Å²) in [6, 6.07) is 7.88. The van der Waals surface area contributed by atoms with Crippen LogP contribution in [0, 0.1) is 0 Å². The molecule has 1 rings (SSSR count). The Morgan fingerprint density at radius 2 is 1.90 bits per heavy atom. The smallest absolute Gasteiger partial charge is 0.118 e. The van der Waals surface area contributed by atoms with Gasteiger partial charge in [-0.15, -0.1) is 0 Å². The average Bonchev–Trinajstić information content (AvgIpc) is 2.05. The number of benzene rings is 1. The zero-order chi connectivity index (χ0) is 7.40. The van der Waals surface area contributed by atoms with Gasteiger partial charge in [0.2, 0.25) is 0 Å². The summed E-state index contributed by atoms with van der Waals surface area (Å²) in [5.74, 6) is 0.894. The van der Waals surface area contributed by atoms with Crippen LogP contribution in [0.2, 0.25) is 0 Å². The molecule has 0 aliphatic heterocycles. The second kappa shape index (κ2) is 3.58. The fraction of sp³-hybridized carbons (Fsp3) is 0.250. The molecule has 0 bridgehead atoms. The maximum Gasteiger partial charge on any atom is 0.118 e. The highest BCUT2D eigenvalue weighted by atomic mass is 31.0. The quantitative estimate of drug-likeness (QED) is 0.592. The molecule has 0 saturated carbocycles. The zero-order valence-electron chi connectivity index (χ0n) is 5.87. The lowest BCUT2D eigenvalue weighted by Crippen LogP contribution is -1.82.